The Hall–Kier alpha value is -1.76. The van der Waals surface area contributed by atoms with E-state index in [2.05, 4.69) is 5.32 Å². The van der Waals surface area contributed by atoms with Crippen molar-refractivity contribution in [1.29, 1.82) is 0 Å². The maximum Gasteiger partial charge on any atom is 0.327 e. The number of hydrogen-bond acceptors (Lipinski definition) is 4. The van der Waals surface area contributed by atoms with Crippen molar-refractivity contribution in [2.45, 2.75) is 18.7 Å². The highest BCUT2D eigenvalue weighted by molar-refractivity contribution is 7.98. The van der Waals surface area contributed by atoms with E-state index in [1.807, 2.05) is 0 Å². The molecule has 0 aliphatic carbocycles. The number of carboxylic acids is 1. The van der Waals surface area contributed by atoms with Crippen molar-refractivity contribution in [2.75, 3.05) is 12.9 Å². The fourth-order valence-corrected chi connectivity index (χ4v) is 2.51. The fraction of sp³-hybridized carbons (Fsp3) is 0.385. The number of carbonyl (C=O) groups is 2. The first kappa shape index (κ1) is 16.3. The number of thioether (sulfide) groups is 1. The molecule has 1 atom stereocenters. The molecule has 0 fully saturated rings. The largest absolute Gasteiger partial charge is 0.494 e. The third-order valence-corrected chi connectivity index (χ3v) is 3.55. The van der Waals surface area contributed by atoms with Gasteiger partial charge < -0.3 is 15.2 Å². The number of carboxylic acid groups (broad SMARTS) is 1. The van der Waals surface area contributed by atoms with Gasteiger partial charge in [0.1, 0.15) is 6.04 Å². The van der Waals surface area contributed by atoms with Crippen LogP contribution in [-0.4, -0.2) is 35.9 Å². The Morgan fingerprint density at radius 1 is 1.50 bits per heavy atom. The molecular formula is C13H16FNO4S. The van der Waals surface area contributed by atoms with Gasteiger partial charge in [-0.3, -0.25) is 4.79 Å². The first-order valence-corrected chi connectivity index (χ1v) is 6.99. The Morgan fingerprint density at radius 3 is 2.70 bits per heavy atom. The van der Waals surface area contributed by atoms with E-state index in [9.17, 15) is 14.0 Å². The van der Waals surface area contributed by atoms with Crippen LogP contribution in [0.4, 0.5) is 4.39 Å². The van der Waals surface area contributed by atoms with Gasteiger partial charge in [0.15, 0.2) is 11.6 Å². The van der Waals surface area contributed by atoms with E-state index >= 15 is 0 Å². The van der Waals surface area contributed by atoms with Crippen molar-refractivity contribution in [3.8, 4) is 5.75 Å². The molecular weight excluding hydrogens is 285 g/mol. The van der Waals surface area contributed by atoms with Crippen molar-refractivity contribution in [3.63, 3.8) is 0 Å². The number of nitrogens with one attached hydrogen (secondary N) is 1. The lowest BCUT2D eigenvalue weighted by atomic mass is 10.2. The van der Waals surface area contributed by atoms with Crippen molar-refractivity contribution >= 4 is 23.6 Å². The lowest BCUT2D eigenvalue weighted by molar-refractivity contribution is -0.140. The zero-order chi connectivity index (χ0) is 15.1. The van der Waals surface area contributed by atoms with E-state index in [-0.39, 0.29) is 11.5 Å². The number of rotatable bonds is 7. The summed E-state index contributed by atoms with van der Waals surface area (Å²) in [5, 5.41) is 11.3. The molecule has 0 heterocycles. The summed E-state index contributed by atoms with van der Waals surface area (Å²) in [6.07, 6.45) is 0. The number of halogens is 1. The highest BCUT2D eigenvalue weighted by atomic mass is 32.2. The molecule has 0 bridgehead atoms. The molecule has 0 aliphatic rings. The molecule has 5 nitrogen and oxygen atoms in total. The second-order valence-electron chi connectivity index (χ2n) is 4.08. The Labute approximate surface area is 120 Å². The van der Waals surface area contributed by atoms with Crippen LogP contribution in [0.2, 0.25) is 0 Å². The molecule has 0 saturated carbocycles. The second kappa shape index (κ2) is 7.74. The molecule has 1 amide bonds. The van der Waals surface area contributed by atoms with Gasteiger partial charge in [0.05, 0.1) is 7.11 Å². The fourth-order valence-electron chi connectivity index (χ4n) is 1.51. The van der Waals surface area contributed by atoms with Crippen LogP contribution in [0.1, 0.15) is 12.5 Å². The van der Waals surface area contributed by atoms with Crippen LogP contribution in [0.5, 0.6) is 5.75 Å². The third kappa shape index (κ3) is 5.08. The number of hydrogen-bond donors (Lipinski definition) is 2. The highest BCUT2D eigenvalue weighted by Gasteiger charge is 2.18. The Balaban J connectivity index is 2.52. The van der Waals surface area contributed by atoms with Crippen LogP contribution >= 0.6 is 11.8 Å². The maximum atomic E-state index is 13.5. The molecule has 0 aliphatic heterocycles. The number of carbonyl (C=O) groups excluding carboxylic acids is 1. The van der Waals surface area contributed by atoms with Gasteiger partial charge in [-0.25, -0.2) is 9.18 Å². The van der Waals surface area contributed by atoms with Crippen molar-refractivity contribution in [1.82, 2.24) is 5.32 Å². The van der Waals surface area contributed by atoms with E-state index in [4.69, 9.17) is 9.84 Å². The van der Waals surface area contributed by atoms with E-state index in [0.29, 0.717) is 5.75 Å². The SMILES string of the molecule is COc1ccc(CSC[C@H](NC(C)=O)C(=O)O)cc1F. The molecule has 1 rings (SSSR count). The van der Waals surface area contributed by atoms with Gasteiger partial charge in [0.25, 0.3) is 0 Å². The van der Waals surface area contributed by atoms with Gasteiger partial charge in [-0.05, 0) is 17.7 Å². The summed E-state index contributed by atoms with van der Waals surface area (Å²) in [7, 11) is 1.39. The summed E-state index contributed by atoms with van der Waals surface area (Å²) >= 11 is 1.30. The van der Waals surface area contributed by atoms with Gasteiger partial charge >= 0.3 is 5.97 Å². The first-order valence-electron chi connectivity index (χ1n) is 5.84. The van der Waals surface area contributed by atoms with E-state index in [1.165, 1.54) is 37.9 Å². The van der Waals surface area contributed by atoms with E-state index in [0.717, 1.165) is 5.56 Å². The first-order chi connectivity index (χ1) is 9.43. The predicted molar refractivity (Wildman–Crippen MR) is 74.4 cm³/mol. The van der Waals surface area contributed by atoms with Crippen LogP contribution in [-0.2, 0) is 15.3 Å². The molecule has 7 heteroatoms. The Morgan fingerprint density at radius 2 is 2.20 bits per heavy atom. The topological polar surface area (TPSA) is 75.6 Å². The molecule has 0 radical (unpaired) electrons. The minimum atomic E-state index is -1.09. The zero-order valence-electron chi connectivity index (χ0n) is 11.2. The van der Waals surface area contributed by atoms with Gasteiger partial charge in [-0.15, -0.1) is 0 Å². The number of methoxy groups -OCH3 is 1. The number of amides is 1. The summed E-state index contributed by atoms with van der Waals surface area (Å²) in [6.45, 7) is 1.26. The lowest BCUT2D eigenvalue weighted by Gasteiger charge is -2.12. The van der Waals surface area contributed by atoms with Gasteiger partial charge in [-0.1, -0.05) is 6.07 Å². The molecule has 0 aromatic heterocycles. The molecule has 1 aromatic rings. The minimum Gasteiger partial charge on any atom is -0.494 e. The molecule has 1 aromatic carbocycles. The van der Waals surface area contributed by atoms with E-state index in [1.54, 1.807) is 6.07 Å². The molecule has 0 unspecified atom stereocenters. The Kier molecular flexibility index (Phi) is 6.30. The van der Waals surface area contributed by atoms with Crippen LogP contribution in [0.3, 0.4) is 0 Å². The number of ether oxygens (including phenoxy) is 1. The number of benzene rings is 1. The standard InChI is InChI=1S/C13H16FNO4S/c1-8(16)15-11(13(17)18)7-20-6-9-3-4-12(19-2)10(14)5-9/h3-5,11H,6-7H2,1-2H3,(H,15,16)(H,17,18)/t11-/m0/s1. The summed E-state index contributed by atoms with van der Waals surface area (Å²) in [6, 6.07) is 3.64. The van der Waals surface area contributed by atoms with Gasteiger partial charge in [0, 0.05) is 18.4 Å². The highest BCUT2D eigenvalue weighted by Crippen LogP contribution is 2.21. The quantitative estimate of drug-likeness (QED) is 0.801. The molecule has 2 N–H and O–H groups in total. The molecule has 110 valence electrons. The molecule has 0 spiro atoms. The van der Waals surface area contributed by atoms with Crippen LogP contribution in [0.15, 0.2) is 18.2 Å². The summed E-state index contributed by atoms with van der Waals surface area (Å²) in [5.74, 6) is -1.11. The monoisotopic (exact) mass is 301 g/mol. The predicted octanol–water partition coefficient (Wildman–Crippen LogP) is 1.66. The van der Waals surface area contributed by atoms with Gasteiger partial charge in [-0.2, -0.15) is 11.8 Å². The second-order valence-corrected chi connectivity index (χ2v) is 5.11. The normalized spacial score (nSPS) is 11.8. The smallest absolute Gasteiger partial charge is 0.327 e. The van der Waals surface area contributed by atoms with E-state index < -0.39 is 23.7 Å². The van der Waals surface area contributed by atoms with Crippen molar-refractivity contribution in [2.24, 2.45) is 0 Å². The van der Waals surface area contributed by atoms with Crippen LogP contribution in [0.25, 0.3) is 0 Å². The summed E-state index contributed by atoms with van der Waals surface area (Å²) in [4.78, 5) is 21.8. The minimum absolute atomic E-state index is 0.167. The lowest BCUT2D eigenvalue weighted by Crippen LogP contribution is -2.41. The average Bonchev–Trinajstić information content (AvgIpc) is 2.37. The molecule has 20 heavy (non-hydrogen) atoms. The van der Waals surface area contributed by atoms with Crippen molar-refractivity contribution in [3.05, 3.63) is 29.6 Å². The summed E-state index contributed by atoms with van der Waals surface area (Å²) < 4.78 is 18.3. The van der Waals surface area contributed by atoms with Crippen LogP contribution in [0, 0.1) is 5.82 Å². The van der Waals surface area contributed by atoms with Gasteiger partial charge in [0.2, 0.25) is 5.91 Å². The third-order valence-electron chi connectivity index (χ3n) is 2.45. The Bertz CT molecular complexity index is 495. The van der Waals surface area contributed by atoms with Crippen LogP contribution < -0.4 is 10.1 Å². The zero-order valence-corrected chi connectivity index (χ0v) is 12.0. The van der Waals surface area contributed by atoms with Crippen molar-refractivity contribution < 1.29 is 23.8 Å². The summed E-state index contributed by atoms with van der Waals surface area (Å²) in [5.41, 5.74) is 0.722. The number of aliphatic carboxylic acids is 1. The average molecular weight is 301 g/mol. The maximum absolute atomic E-state index is 13.5. The molecule has 0 saturated heterocycles.